The normalized spacial score (nSPS) is 13.6. The molecule has 0 bridgehead atoms. The number of unbranched alkanes of at least 4 members (excludes halogenated alkanes) is 2. The molecule has 3 aromatic carbocycles. The molecule has 0 saturated heterocycles. The summed E-state index contributed by atoms with van der Waals surface area (Å²) in [6.45, 7) is 5.98. The van der Waals surface area contributed by atoms with Crippen molar-refractivity contribution in [2.45, 2.75) is 32.6 Å². The number of phenolic OH excluding ortho intramolecular Hbond substituents is 1. The van der Waals surface area contributed by atoms with E-state index in [2.05, 4.69) is 20.9 Å². The summed E-state index contributed by atoms with van der Waals surface area (Å²) in [7, 11) is 7.89. The van der Waals surface area contributed by atoms with Crippen LogP contribution in [0.1, 0.15) is 48.5 Å². The van der Waals surface area contributed by atoms with E-state index >= 15 is 0 Å². The van der Waals surface area contributed by atoms with E-state index in [1.807, 2.05) is 56.2 Å². The number of aliphatic hydroxyl groups excluding tert-OH is 1. The van der Waals surface area contributed by atoms with Crippen molar-refractivity contribution in [2.24, 2.45) is 4.99 Å². The van der Waals surface area contributed by atoms with Gasteiger partial charge in [0.2, 0.25) is 0 Å². The van der Waals surface area contributed by atoms with Crippen molar-refractivity contribution in [1.29, 1.82) is 0 Å². The maximum Gasteiger partial charge on any atom is 0.411 e. The quantitative estimate of drug-likeness (QED) is 0.0252. The Balaban J connectivity index is 1.13. The number of amides is 3. The lowest BCUT2D eigenvalue weighted by Gasteiger charge is -2.13. The van der Waals surface area contributed by atoms with Crippen molar-refractivity contribution in [2.75, 3.05) is 125 Å². The number of benzene rings is 3. The van der Waals surface area contributed by atoms with Gasteiger partial charge in [0.15, 0.2) is 11.5 Å². The number of aliphatic imine (C=N–C) groups is 1. The Bertz CT molecular complexity index is 2150. The lowest BCUT2D eigenvalue weighted by molar-refractivity contribution is -0.138. The average molecular weight is 979 g/mol. The Morgan fingerprint density at radius 3 is 1.83 bits per heavy atom. The Morgan fingerprint density at radius 2 is 1.26 bits per heavy atom. The largest absolute Gasteiger partial charge is 0.506 e. The van der Waals surface area contributed by atoms with Crippen LogP contribution in [-0.2, 0) is 33.2 Å². The summed E-state index contributed by atoms with van der Waals surface area (Å²) < 4.78 is 38.2. The number of thioether (sulfide) groups is 1. The van der Waals surface area contributed by atoms with E-state index < -0.39 is 24.1 Å². The van der Waals surface area contributed by atoms with Crippen LogP contribution in [0.5, 0.6) is 11.5 Å². The molecule has 0 radical (unpaired) electrons. The number of carbonyl (C=O) groups excluding carboxylic acids is 4. The summed E-state index contributed by atoms with van der Waals surface area (Å²) in [4.78, 5) is 59.9. The molecule has 0 saturated carbocycles. The first kappa shape index (κ1) is 55.4. The molecule has 20 heteroatoms. The van der Waals surface area contributed by atoms with E-state index in [9.17, 15) is 29.4 Å². The van der Waals surface area contributed by atoms with Gasteiger partial charge in [0.25, 0.3) is 5.91 Å². The first-order chi connectivity index (χ1) is 33.3. The van der Waals surface area contributed by atoms with Crippen LogP contribution in [0, 0.1) is 0 Å². The summed E-state index contributed by atoms with van der Waals surface area (Å²) >= 11 is 1.12. The summed E-state index contributed by atoms with van der Waals surface area (Å²) in [6, 6.07) is 18.3. The van der Waals surface area contributed by atoms with Gasteiger partial charge >= 0.3 is 18.2 Å². The van der Waals surface area contributed by atoms with Crippen molar-refractivity contribution < 1.29 is 62.5 Å². The number of hydrogen-bond donors (Lipinski definition) is 5. The van der Waals surface area contributed by atoms with Crippen molar-refractivity contribution in [3.63, 3.8) is 0 Å². The fourth-order valence-corrected chi connectivity index (χ4v) is 7.24. The molecule has 0 spiro atoms. The third-order valence-electron chi connectivity index (χ3n) is 9.55. The summed E-state index contributed by atoms with van der Waals surface area (Å²) in [6.07, 6.45) is 3.38. The van der Waals surface area contributed by atoms with Crippen molar-refractivity contribution in [3.05, 3.63) is 94.1 Å². The second-order valence-electron chi connectivity index (χ2n) is 15.8. The zero-order valence-electron chi connectivity index (χ0n) is 40.1. The molecule has 0 aromatic heterocycles. The first-order valence-electron chi connectivity index (χ1n) is 22.8. The number of carbonyl (C=O) groups is 4. The van der Waals surface area contributed by atoms with Gasteiger partial charge in [-0.2, -0.15) is 0 Å². The minimum absolute atomic E-state index is 0.0234. The molecular formula is C49H66N6O13S. The lowest BCUT2D eigenvalue weighted by atomic mass is 10.1. The van der Waals surface area contributed by atoms with Gasteiger partial charge in [0, 0.05) is 23.5 Å². The lowest BCUT2D eigenvalue weighted by Crippen LogP contribution is -2.28. The molecule has 1 aliphatic heterocycles. The van der Waals surface area contributed by atoms with E-state index in [1.54, 1.807) is 37.3 Å². The molecule has 1 aliphatic rings. The highest BCUT2D eigenvalue weighted by Gasteiger charge is 2.33. The number of esters is 1. The molecule has 0 fully saturated rings. The number of ether oxygens (including phenoxy) is 7. The van der Waals surface area contributed by atoms with Crippen LogP contribution in [0.15, 0.2) is 88.0 Å². The van der Waals surface area contributed by atoms with E-state index in [4.69, 9.17) is 33.2 Å². The van der Waals surface area contributed by atoms with Gasteiger partial charge in [0.05, 0.1) is 70.1 Å². The number of phenols is 1. The van der Waals surface area contributed by atoms with Crippen LogP contribution < -0.4 is 20.7 Å². The maximum absolute atomic E-state index is 13.1. The Morgan fingerprint density at radius 1 is 0.681 bits per heavy atom. The zero-order valence-corrected chi connectivity index (χ0v) is 40.9. The Kier molecular flexibility index (Phi) is 25.0. The minimum atomic E-state index is -0.683. The highest BCUT2D eigenvalue weighted by molar-refractivity contribution is 8.18. The zero-order chi connectivity index (χ0) is 49.8. The van der Waals surface area contributed by atoms with Gasteiger partial charge in [-0.1, -0.05) is 36.0 Å². The molecule has 0 aliphatic carbocycles. The number of aromatic hydroxyl groups is 1. The monoisotopic (exact) mass is 978 g/mol. The Hall–Kier alpha value is -6.16. The highest BCUT2D eigenvalue weighted by atomic mass is 32.2. The smallest absolute Gasteiger partial charge is 0.411 e. The first-order valence-corrected chi connectivity index (χ1v) is 23.6. The minimum Gasteiger partial charge on any atom is -0.506 e. The molecule has 3 amide bonds. The van der Waals surface area contributed by atoms with Crippen molar-refractivity contribution >= 4 is 64.0 Å². The second kappa shape index (κ2) is 31.1. The molecule has 0 atom stereocenters. The van der Waals surface area contributed by atoms with Crippen molar-refractivity contribution in [1.82, 2.24) is 15.1 Å². The number of aliphatic hydroxyl groups is 1. The molecule has 69 heavy (non-hydrogen) atoms. The average Bonchev–Trinajstić information content (AvgIpc) is 3.61. The fourth-order valence-electron chi connectivity index (χ4n) is 6.20. The number of nitrogens with zero attached hydrogens (tertiary/aromatic N) is 3. The van der Waals surface area contributed by atoms with Crippen LogP contribution in [0.2, 0.25) is 0 Å². The van der Waals surface area contributed by atoms with Gasteiger partial charge in [-0.3, -0.25) is 15.4 Å². The summed E-state index contributed by atoms with van der Waals surface area (Å²) in [5.74, 6) is -1.26. The third kappa shape index (κ3) is 21.4. The van der Waals surface area contributed by atoms with E-state index in [0.717, 1.165) is 37.7 Å². The van der Waals surface area contributed by atoms with Gasteiger partial charge in [0.1, 0.15) is 23.0 Å². The van der Waals surface area contributed by atoms with Crippen LogP contribution >= 0.6 is 11.8 Å². The van der Waals surface area contributed by atoms with E-state index in [1.165, 1.54) is 24.3 Å². The SMILES string of the molecule is CCOC(=O)C1=C(O)/C(=C/c2ccc(OCCOCCOCCOCCNC(=O)c3cc(NC(=O)OCCCCN(C)C)cc(NC(=O)OCCCCN(C)C)c3)c(O)c2)SC1=Nc1ccccc1. The second-order valence-corrected chi connectivity index (χ2v) is 16.8. The predicted octanol–water partition coefficient (Wildman–Crippen LogP) is 7.22. The van der Waals surface area contributed by atoms with Crippen LogP contribution in [0.3, 0.4) is 0 Å². The van der Waals surface area contributed by atoms with Gasteiger partial charge in [-0.05, 0) is 128 Å². The maximum atomic E-state index is 13.1. The highest BCUT2D eigenvalue weighted by Crippen LogP contribution is 2.41. The van der Waals surface area contributed by atoms with Crippen molar-refractivity contribution in [3.8, 4) is 11.5 Å². The molecule has 5 N–H and O–H groups in total. The number of nitrogens with one attached hydrogen (secondary N) is 3. The number of para-hydroxylation sites is 1. The van der Waals surface area contributed by atoms with Gasteiger partial charge in [-0.25, -0.2) is 19.4 Å². The van der Waals surface area contributed by atoms with E-state index in [-0.39, 0.29) is 92.6 Å². The standard InChI is InChI=1S/C49H66N6O13S/c1-6-65-47(59)43-44(57)42(69-46(43)51-37-14-8-7-9-15-37)31-35-16-17-41(40(56)30-35)66-29-28-64-27-26-63-25-24-62-23-18-50-45(58)36-32-38(52-48(60)67-21-12-10-19-54(2)3)34-39(33-36)53-49(61)68-22-13-11-20-55(4)5/h7-9,14-17,30-34,56-57H,6,10-13,18-29H2,1-5H3,(H,50,58)(H,52,60)(H,53,61)/b42-31-,51-46?. The molecular weight excluding hydrogens is 913 g/mol. The molecule has 0 unspecified atom stereocenters. The third-order valence-corrected chi connectivity index (χ3v) is 10.6. The molecule has 1 heterocycles. The number of rotatable bonds is 30. The van der Waals surface area contributed by atoms with Crippen LogP contribution in [0.25, 0.3) is 6.08 Å². The summed E-state index contributed by atoms with van der Waals surface area (Å²) in [5.41, 5.74) is 1.84. The Labute approximate surface area is 408 Å². The van der Waals surface area contributed by atoms with Crippen LogP contribution in [-0.4, -0.2) is 163 Å². The molecule has 376 valence electrons. The molecule has 19 nitrogen and oxygen atoms in total. The number of anilines is 2. The fraction of sp³-hybridized carbons (Fsp3) is 0.449. The number of hydrogen-bond acceptors (Lipinski definition) is 17. The van der Waals surface area contributed by atoms with Gasteiger partial charge < -0.3 is 58.5 Å². The van der Waals surface area contributed by atoms with Gasteiger partial charge in [-0.15, -0.1) is 0 Å². The topological polar surface area (TPSA) is 228 Å². The summed E-state index contributed by atoms with van der Waals surface area (Å²) in [5, 5.41) is 30.0. The van der Waals surface area contributed by atoms with Crippen LogP contribution in [0.4, 0.5) is 26.7 Å². The molecule has 3 aromatic rings. The molecule has 4 rings (SSSR count). The predicted molar refractivity (Wildman–Crippen MR) is 266 cm³/mol. The van der Waals surface area contributed by atoms with E-state index in [0.29, 0.717) is 53.9 Å².